The highest BCUT2D eigenvalue weighted by atomic mass is 17.2. The van der Waals surface area contributed by atoms with Crippen molar-refractivity contribution in [1.82, 2.24) is 0 Å². The van der Waals surface area contributed by atoms with Gasteiger partial charge in [-0.25, -0.2) is 29.0 Å². The van der Waals surface area contributed by atoms with Crippen molar-refractivity contribution in [3.05, 3.63) is 0 Å². The smallest absolute Gasteiger partial charge is 0.457 e. The summed E-state index contributed by atoms with van der Waals surface area (Å²) in [6, 6.07) is 0. The van der Waals surface area contributed by atoms with E-state index in [1.165, 1.54) is 13.8 Å². The first-order chi connectivity index (χ1) is 7.52. The number of carbonyl (C=O) groups excluding carboxylic acids is 4. The molecule has 0 bridgehead atoms. The zero-order chi connectivity index (χ0) is 12.6. The normalized spacial score (nSPS) is 8.88. The number of ether oxygens (including phenoxy) is 2. The third-order valence-corrected chi connectivity index (χ3v) is 1.08. The molecule has 8 nitrogen and oxygen atoms in total. The molecule has 0 radical (unpaired) electrons. The van der Waals surface area contributed by atoms with Crippen LogP contribution in [-0.4, -0.2) is 37.1 Å². The standard InChI is InChI=1S/C8H10O8/c1-3-13-5(9)7(11)15-16-8(12)6(10)14-4-2/h3-4H2,1-2H3. The molecule has 0 N–H and O–H groups in total. The molecule has 0 aromatic rings. The van der Waals surface area contributed by atoms with Gasteiger partial charge in [-0.3, -0.25) is 0 Å². The molecule has 8 heteroatoms. The van der Waals surface area contributed by atoms with Crippen molar-refractivity contribution < 1.29 is 38.4 Å². The van der Waals surface area contributed by atoms with Crippen LogP contribution in [-0.2, 0) is 38.4 Å². The third-order valence-electron chi connectivity index (χ3n) is 1.08. The summed E-state index contributed by atoms with van der Waals surface area (Å²) in [6.45, 7) is 2.85. The van der Waals surface area contributed by atoms with Gasteiger partial charge in [0.15, 0.2) is 0 Å². The topological polar surface area (TPSA) is 105 Å². The van der Waals surface area contributed by atoms with E-state index in [1.807, 2.05) is 0 Å². The molecule has 0 saturated heterocycles. The van der Waals surface area contributed by atoms with Crippen LogP contribution in [0.5, 0.6) is 0 Å². The molecular weight excluding hydrogens is 224 g/mol. The van der Waals surface area contributed by atoms with Crippen LogP contribution in [0, 0.1) is 0 Å². The summed E-state index contributed by atoms with van der Waals surface area (Å²) in [5.74, 6) is -5.75. The lowest BCUT2D eigenvalue weighted by atomic mass is 10.7. The molecule has 16 heavy (non-hydrogen) atoms. The summed E-state index contributed by atoms with van der Waals surface area (Å²) in [4.78, 5) is 50.1. The van der Waals surface area contributed by atoms with Crippen LogP contribution in [0.15, 0.2) is 0 Å². The van der Waals surface area contributed by atoms with Crippen molar-refractivity contribution in [1.29, 1.82) is 0 Å². The summed E-state index contributed by atoms with van der Waals surface area (Å²) in [7, 11) is 0. The van der Waals surface area contributed by atoms with Crippen molar-refractivity contribution in [2.45, 2.75) is 13.8 Å². The van der Waals surface area contributed by atoms with Gasteiger partial charge >= 0.3 is 23.9 Å². The number of esters is 2. The highest BCUT2D eigenvalue weighted by Crippen LogP contribution is 1.90. The van der Waals surface area contributed by atoms with Gasteiger partial charge in [-0.1, -0.05) is 0 Å². The molecule has 0 aliphatic rings. The van der Waals surface area contributed by atoms with Crippen molar-refractivity contribution in [3.63, 3.8) is 0 Å². The molecule has 90 valence electrons. The summed E-state index contributed by atoms with van der Waals surface area (Å²) < 4.78 is 8.45. The fraction of sp³-hybridized carbons (Fsp3) is 0.500. The summed E-state index contributed by atoms with van der Waals surface area (Å²) in [5, 5.41) is 0. The Bertz CT molecular complexity index is 264. The molecule has 0 aliphatic heterocycles. The lowest BCUT2D eigenvalue weighted by molar-refractivity contribution is -0.259. The van der Waals surface area contributed by atoms with E-state index in [2.05, 4.69) is 19.2 Å². The van der Waals surface area contributed by atoms with Gasteiger partial charge in [0.05, 0.1) is 13.2 Å². The predicted octanol–water partition coefficient (Wildman–Crippen LogP) is -0.886. The van der Waals surface area contributed by atoms with Gasteiger partial charge in [-0.05, 0) is 13.8 Å². The summed E-state index contributed by atoms with van der Waals surface area (Å²) in [6.07, 6.45) is 0. The molecule has 0 heterocycles. The molecule has 0 unspecified atom stereocenters. The van der Waals surface area contributed by atoms with E-state index >= 15 is 0 Å². The summed E-state index contributed by atoms with van der Waals surface area (Å²) in [5.41, 5.74) is 0. The zero-order valence-electron chi connectivity index (χ0n) is 8.68. The molecule has 0 aromatic carbocycles. The molecule has 0 aromatic heterocycles. The summed E-state index contributed by atoms with van der Waals surface area (Å²) >= 11 is 0. The van der Waals surface area contributed by atoms with E-state index in [0.29, 0.717) is 0 Å². The number of hydrogen-bond acceptors (Lipinski definition) is 8. The van der Waals surface area contributed by atoms with Gasteiger partial charge in [0, 0.05) is 0 Å². The Labute approximate surface area is 90.3 Å². The second-order valence-electron chi connectivity index (χ2n) is 2.18. The van der Waals surface area contributed by atoms with Crippen molar-refractivity contribution in [2.75, 3.05) is 13.2 Å². The van der Waals surface area contributed by atoms with Gasteiger partial charge < -0.3 is 9.47 Å². The largest absolute Gasteiger partial charge is 0.462 e. The molecule has 0 spiro atoms. The second-order valence-corrected chi connectivity index (χ2v) is 2.18. The number of hydrogen-bond donors (Lipinski definition) is 0. The van der Waals surface area contributed by atoms with Crippen LogP contribution in [0.25, 0.3) is 0 Å². The first-order valence-corrected chi connectivity index (χ1v) is 4.29. The van der Waals surface area contributed by atoms with Crippen LogP contribution < -0.4 is 0 Å². The van der Waals surface area contributed by atoms with Gasteiger partial charge in [0.1, 0.15) is 0 Å². The maximum Gasteiger partial charge on any atom is 0.462 e. The lowest BCUT2D eigenvalue weighted by Gasteiger charge is -2.02. The van der Waals surface area contributed by atoms with E-state index in [1.54, 1.807) is 0 Å². The lowest BCUT2D eigenvalue weighted by Crippen LogP contribution is -2.26. The van der Waals surface area contributed by atoms with Gasteiger partial charge in [-0.15, -0.1) is 0 Å². The van der Waals surface area contributed by atoms with Crippen molar-refractivity contribution in [3.8, 4) is 0 Å². The minimum Gasteiger partial charge on any atom is -0.457 e. The van der Waals surface area contributed by atoms with E-state index in [-0.39, 0.29) is 13.2 Å². The van der Waals surface area contributed by atoms with Crippen LogP contribution in [0.3, 0.4) is 0 Å². The molecule has 0 saturated carbocycles. The first kappa shape index (κ1) is 13.9. The Kier molecular flexibility index (Phi) is 6.25. The van der Waals surface area contributed by atoms with Crippen LogP contribution in [0.2, 0.25) is 0 Å². The Morgan fingerprint density at radius 3 is 1.25 bits per heavy atom. The van der Waals surface area contributed by atoms with Crippen LogP contribution in [0.1, 0.15) is 13.8 Å². The van der Waals surface area contributed by atoms with Gasteiger partial charge in [0.2, 0.25) is 0 Å². The molecular formula is C8H10O8. The van der Waals surface area contributed by atoms with E-state index in [9.17, 15) is 19.2 Å². The number of carbonyl (C=O) groups is 4. The third kappa shape index (κ3) is 4.94. The molecule has 0 fully saturated rings. The second kappa shape index (κ2) is 7.21. The molecule has 0 atom stereocenters. The minimum atomic E-state index is -1.54. The fourth-order valence-electron chi connectivity index (χ4n) is 0.524. The highest BCUT2D eigenvalue weighted by molar-refractivity contribution is 6.31. The first-order valence-electron chi connectivity index (χ1n) is 4.29. The Morgan fingerprint density at radius 1 is 0.688 bits per heavy atom. The predicted molar refractivity (Wildman–Crippen MR) is 45.5 cm³/mol. The van der Waals surface area contributed by atoms with E-state index in [0.717, 1.165) is 0 Å². The number of rotatable bonds is 2. The highest BCUT2D eigenvalue weighted by Gasteiger charge is 2.24. The maximum atomic E-state index is 10.7. The molecule has 0 aliphatic carbocycles. The Morgan fingerprint density at radius 2 is 1.00 bits per heavy atom. The van der Waals surface area contributed by atoms with Gasteiger partial charge in [0.25, 0.3) is 0 Å². The van der Waals surface area contributed by atoms with E-state index < -0.39 is 23.9 Å². The van der Waals surface area contributed by atoms with Crippen molar-refractivity contribution in [2.24, 2.45) is 0 Å². The van der Waals surface area contributed by atoms with Crippen molar-refractivity contribution >= 4 is 23.9 Å². The average Bonchev–Trinajstić information content (AvgIpc) is 2.25. The quantitative estimate of drug-likeness (QED) is 0.262. The SMILES string of the molecule is CCOC(=O)C(=O)OOC(=O)C(=O)OCC. The Balaban J connectivity index is 3.96. The van der Waals surface area contributed by atoms with Crippen LogP contribution >= 0.6 is 0 Å². The molecule has 0 rings (SSSR count). The average molecular weight is 234 g/mol. The maximum absolute atomic E-state index is 10.7. The van der Waals surface area contributed by atoms with E-state index in [4.69, 9.17) is 0 Å². The monoisotopic (exact) mass is 234 g/mol. The minimum absolute atomic E-state index is 0.0419. The van der Waals surface area contributed by atoms with Gasteiger partial charge in [-0.2, -0.15) is 0 Å². The molecule has 0 amide bonds. The van der Waals surface area contributed by atoms with Crippen LogP contribution in [0.4, 0.5) is 0 Å². The Hall–Kier alpha value is -2.12. The fourth-order valence-corrected chi connectivity index (χ4v) is 0.524. The zero-order valence-corrected chi connectivity index (χ0v) is 8.68.